The second-order valence-electron chi connectivity index (χ2n) is 7.36. The average Bonchev–Trinajstić information content (AvgIpc) is 3.05. The Morgan fingerprint density at radius 3 is 2.64 bits per heavy atom. The van der Waals surface area contributed by atoms with Gasteiger partial charge in [0, 0.05) is 25.2 Å². The Kier molecular flexibility index (Phi) is 4.54. The number of hydrogen-bond donors (Lipinski definition) is 2. The highest BCUT2D eigenvalue weighted by Gasteiger charge is 2.40. The van der Waals surface area contributed by atoms with Crippen molar-refractivity contribution < 1.29 is 4.79 Å². The van der Waals surface area contributed by atoms with E-state index in [4.69, 9.17) is 5.73 Å². The fourth-order valence-corrected chi connectivity index (χ4v) is 3.79. The van der Waals surface area contributed by atoms with Gasteiger partial charge in [-0.15, -0.1) is 10.2 Å². The summed E-state index contributed by atoms with van der Waals surface area (Å²) < 4.78 is 1.45. The van der Waals surface area contributed by atoms with Gasteiger partial charge in [0.15, 0.2) is 0 Å². The Bertz CT molecular complexity index is 1010. The standard InChI is InChI=1S/C20H23N7O/c1-13-5-3-10-22-18(13)20(8-4-9-20)12-23-17-7-6-14(24-25-17)15-11-16(19(21)28)27(2)26-15/h3,5-7,10-11H,4,8-9,12H2,1-2H3,(H2,21,28)(H,23,25). The molecule has 0 bridgehead atoms. The first-order chi connectivity index (χ1) is 13.5. The number of pyridine rings is 1. The van der Waals surface area contributed by atoms with E-state index in [1.165, 1.54) is 22.4 Å². The van der Waals surface area contributed by atoms with Crippen LogP contribution in [-0.4, -0.2) is 37.4 Å². The lowest BCUT2D eigenvalue weighted by Gasteiger charge is -2.42. The number of nitrogens with zero attached hydrogens (tertiary/aromatic N) is 5. The zero-order chi connectivity index (χ0) is 19.7. The third kappa shape index (κ3) is 3.21. The molecule has 1 saturated carbocycles. The number of anilines is 1. The predicted molar refractivity (Wildman–Crippen MR) is 106 cm³/mol. The molecule has 0 unspecified atom stereocenters. The molecule has 3 aromatic rings. The smallest absolute Gasteiger partial charge is 0.266 e. The van der Waals surface area contributed by atoms with E-state index in [1.807, 2.05) is 24.4 Å². The van der Waals surface area contributed by atoms with Gasteiger partial charge in [-0.25, -0.2) is 0 Å². The number of primary amides is 1. The lowest BCUT2D eigenvalue weighted by atomic mass is 9.65. The molecule has 0 saturated heterocycles. The molecule has 0 aromatic carbocycles. The number of nitrogens with two attached hydrogens (primary N) is 1. The van der Waals surface area contributed by atoms with Crippen molar-refractivity contribution in [3.05, 3.63) is 53.5 Å². The van der Waals surface area contributed by atoms with Crippen molar-refractivity contribution in [1.29, 1.82) is 0 Å². The molecule has 0 radical (unpaired) electrons. The van der Waals surface area contributed by atoms with Gasteiger partial charge in [0.2, 0.25) is 0 Å². The number of aromatic nitrogens is 5. The third-order valence-electron chi connectivity index (χ3n) is 5.49. The monoisotopic (exact) mass is 377 g/mol. The van der Waals surface area contributed by atoms with Crippen LogP contribution in [0.1, 0.15) is 41.0 Å². The molecule has 8 nitrogen and oxygen atoms in total. The number of carbonyl (C=O) groups is 1. The molecule has 1 aliphatic carbocycles. The number of amides is 1. The highest BCUT2D eigenvalue weighted by molar-refractivity contribution is 5.92. The van der Waals surface area contributed by atoms with E-state index in [-0.39, 0.29) is 5.41 Å². The number of aryl methyl sites for hydroxylation is 2. The van der Waals surface area contributed by atoms with Gasteiger partial charge in [0.25, 0.3) is 5.91 Å². The third-order valence-corrected chi connectivity index (χ3v) is 5.49. The van der Waals surface area contributed by atoms with Crippen LogP contribution in [0.5, 0.6) is 0 Å². The molecule has 144 valence electrons. The highest BCUT2D eigenvalue weighted by atomic mass is 16.1. The molecular weight excluding hydrogens is 354 g/mol. The maximum Gasteiger partial charge on any atom is 0.266 e. The SMILES string of the molecule is Cc1cccnc1C1(CNc2ccc(-c3cc(C(N)=O)n(C)n3)nn2)CCC1. The van der Waals surface area contributed by atoms with Crippen molar-refractivity contribution in [2.45, 2.75) is 31.6 Å². The van der Waals surface area contributed by atoms with E-state index < -0.39 is 5.91 Å². The Hall–Kier alpha value is -3.29. The van der Waals surface area contributed by atoms with Gasteiger partial charge in [0.1, 0.15) is 22.9 Å². The van der Waals surface area contributed by atoms with Crippen molar-refractivity contribution in [2.75, 3.05) is 11.9 Å². The lowest BCUT2D eigenvalue weighted by Crippen LogP contribution is -2.42. The van der Waals surface area contributed by atoms with Gasteiger partial charge < -0.3 is 11.1 Å². The minimum absolute atomic E-state index is 0.0586. The predicted octanol–water partition coefficient (Wildman–Crippen LogP) is 2.21. The van der Waals surface area contributed by atoms with Crippen molar-refractivity contribution in [3.63, 3.8) is 0 Å². The van der Waals surface area contributed by atoms with E-state index in [2.05, 4.69) is 38.6 Å². The molecular formula is C20H23N7O. The summed E-state index contributed by atoms with van der Waals surface area (Å²) in [4.78, 5) is 16.0. The summed E-state index contributed by atoms with van der Waals surface area (Å²) in [6.45, 7) is 2.89. The normalized spacial score (nSPS) is 15.1. The molecule has 1 aliphatic rings. The molecule has 3 heterocycles. The molecule has 3 N–H and O–H groups in total. The Balaban J connectivity index is 1.48. The van der Waals surface area contributed by atoms with Crippen molar-refractivity contribution in [3.8, 4) is 11.4 Å². The van der Waals surface area contributed by atoms with Gasteiger partial charge >= 0.3 is 0 Å². The van der Waals surface area contributed by atoms with Crippen LogP contribution >= 0.6 is 0 Å². The quantitative estimate of drug-likeness (QED) is 0.681. The number of hydrogen-bond acceptors (Lipinski definition) is 6. The maximum absolute atomic E-state index is 11.4. The zero-order valence-corrected chi connectivity index (χ0v) is 16.0. The van der Waals surface area contributed by atoms with Gasteiger partial charge in [-0.05, 0) is 49.6 Å². The summed E-state index contributed by atoms with van der Waals surface area (Å²) in [5, 5.41) is 16.2. The summed E-state index contributed by atoms with van der Waals surface area (Å²) in [7, 11) is 1.67. The largest absolute Gasteiger partial charge is 0.368 e. The second kappa shape index (κ2) is 7.03. The van der Waals surface area contributed by atoms with Crippen molar-refractivity contribution in [2.24, 2.45) is 12.8 Å². The number of carbonyl (C=O) groups excluding carboxylic acids is 1. The first-order valence-electron chi connectivity index (χ1n) is 9.32. The second-order valence-corrected chi connectivity index (χ2v) is 7.36. The van der Waals surface area contributed by atoms with Crippen LogP contribution in [0.15, 0.2) is 36.5 Å². The van der Waals surface area contributed by atoms with Crippen molar-refractivity contribution >= 4 is 11.7 Å². The summed E-state index contributed by atoms with van der Waals surface area (Å²) in [6, 6.07) is 9.42. The molecule has 0 aliphatic heterocycles. The minimum atomic E-state index is -0.525. The zero-order valence-electron chi connectivity index (χ0n) is 16.0. The van der Waals surface area contributed by atoms with Crippen LogP contribution < -0.4 is 11.1 Å². The molecule has 4 rings (SSSR count). The molecule has 1 fully saturated rings. The van der Waals surface area contributed by atoms with Crippen LogP contribution in [0.2, 0.25) is 0 Å². The first kappa shape index (κ1) is 18.1. The van der Waals surface area contributed by atoms with E-state index in [9.17, 15) is 4.79 Å². The summed E-state index contributed by atoms with van der Waals surface area (Å²) in [6.07, 6.45) is 5.31. The van der Waals surface area contributed by atoms with Gasteiger partial charge in [-0.2, -0.15) is 5.10 Å². The number of nitrogens with one attached hydrogen (secondary N) is 1. The average molecular weight is 377 g/mol. The molecule has 0 spiro atoms. The fourth-order valence-electron chi connectivity index (χ4n) is 3.79. The first-order valence-corrected chi connectivity index (χ1v) is 9.32. The van der Waals surface area contributed by atoms with Gasteiger partial charge in [0.05, 0.1) is 5.69 Å². The van der Waals surface area contributed by atoms with Crippen molar-refractivity contribution in [1.82, 2.24) is 25.0 Å². The Labute approximate surface area is 163 Å². The summed E-state index contributed by atoms with van der Waals surface area (Å²) in [5.74, 6) is 0.178. The van der Waals surface area contributed by atoms with Crippen LogP contribution in [0.4, 0.5) is 5.82 Å². The van der Waals surface area contributed by atoms with Gasteiger partial charge in [-0.3, -0.25) is 14.5 Å². The van der Waals surface area contributed by atoms with E-state index in [0.29, 0.717) is 22.9 Å². The lowest BCUT2D eigenvalue weighted by molar-refractivity contribution is 0.0991. The molecule has 0 atom stereocenters. The van der Waals surface area contributed by atoms with E-state index in [1.54, 1.807) is 13.1 Å². The van der Waals surface area contributed by atoms with Crippen LogP contribution in [0.3, 0.4) is 0 Å². The van der Waals surface area contributed by atoms with Crippen LogP contribution in [0, 0.1) is 6.92 Å². The summed E-state index contributed by atoms with van der Waals surface area (Å²) in [5.41, 5.74) is 9.28. The molecule has 3 aromatic heterocycles. The number of rotatable bonds is 6. The maximum atomic E-state index is 11.4. The molecule has 1 amide bonds. The van der Waals surface area contributed by atoms with E-state index >= 15 is 0 Å². The topological polar surface area (TPSA) is 112 Å². The molecule has 28 heavy (non-hydrogen) atoms. The van der Waals surface area contributed by atoms with E-state index in [0.717, 1.165) is 19.4 Å². The minimum Gasteiger partial charge on any atom is -0.368 e. The fraction of sp³-hybridized carbons (Fsp3) is 0.350. The van der Waals surface area contributed by atoms with Crippen LogP contribution in [-0.2, 0) is 12.5 Å². The van der Waals surface area contributed by atoms with Crippen LogP contribution in [0.25, 0.3) is 11.4 Å². The molecule has 8 heteroatoms. The Morgan fingerprint density at radius 1 is 1.25 bits per heavy atom. The highest BCUT2D eigenvalue weighted by Crippen LogP contribution is 2.43. The summed E-state index contributed by atoms with van der Waals surface area (Å²) >= 11 is 0. The van der Waals surface area contributed by atoms with Gasteiger partial charge in [-0.1, -0.05) is 12.5 Å². The Morgan fingerprint density at radius 2 is 2.07 bits per heavy atom.